The number of benzene rings is 5. The van der Waals surface area contributed by atoms with Crippen LogP contribution in [0.4, 0.5) is 11.4 Å². The van der Waals surface area contributed by atoms with Crippen molar-refractivity contribution in [2.75, 3.05) is 5.32 Å². The zero-order chi connectivity index (χ0) is 22.6. The minimum Gasteiger partial charge on any atom is -0.506 e. The molecule has 7 aromatic rings. The highest BCUT2D eigenvalue weighted by molar-refractivity contribution is 7.26. The van der Waals surface area contributed by atoms with Gasteiger partial charge in [-0.05, 0) is 54.6 Å². The summed E-state index contributed by atoms with van der Waals surface area (Å²) in [5.41, 5.74) is 5.17. The predicted molar refractivity (Wildman–Crippen MR) is 145 cm³/mol. The Balaban J connectivity index is 1.34. The van der Waals surface area contributed by atoms with Gasteiger partial charge in [0.15, 0.2) is 0 Å². The lowest BCUT2D eigenvalue weighted by atomic mass is 10.1. The number of hydrogen-bond donors (Lipinski definition) is 2. The van der Waals surface area contributed by atoms with Gasteiger partial charge in [-0.15, -0.1) is 11.3 Å². The van der Waals surface area contributed by atoms with Crippen LogP contribution in [0.1, 0.15) is 0 Å². The molecule has 0 aliphatic carbocycles. The van der Waals surface area contributed by atoms with E-state index in [1.165, 1.54) is 26.5 Å². The van der Waals surface area contributed by atoms with Crippen LogP contribution < -0.4 is 5.32 Å². The van der Waals surface area contributed by atoms with Gasteiger partial charge in [0.2, 0.25) is 0 Å². The van der Waals surface area contributed by atoms with Gasteiger partial charge in [0.1, 0.15) is 5.75 Å². The van der Waals surface area contributed by atoms with Gasteiger partial charge in [0.25, 0.3) is 0 Å². The minimum atomic E-state index is 0.252. The van der Waals surface area contributed by atoms with Gasteiger partial charge in [0, 0.05) is 42.3 Å². The molecule has 34 heavy (non-hydrogen) atoms. The second kappa shape index (κ2) is 7.37. The summed E-state index contributed by atoms with van der Waals surface area (Å²) in [5, 5.41) is 18.9. The fraction of sp³-hybridized carbons (Fsp3) is 0. The van der Waals surface area contributed by atoms with Gasteiger partial charge in [0.05, 0.1) is 16.7 Å². The number of para-hydroxylation sites is 2. The first kappa shape index (κ1) is 19.2. The maximum Gasteiger partial charge on any atom is 0.139 e. The van der Waals surface area contributed by atoms with Crippen molar-refractivity contribution in [3.63, 3.8) is 0 Å². The smallest absolute Gasteiger partial charge is 0.139 e. The van der Waals surface area contributed by atoms with Crippen LogP contribution in [0.5, 0.6) is 5.75 Å². The van der Waals surface area contributed by atoms with Crippen LogP contribution in [-0.4, -0.2) is 9.67 Å². The number of hydrogen-bond acceptors (Lipinski definition) is 3. The molecule has 0 bridgehead atoms. The molecule has 0 saturated carbocycles. The standard InChI is InChI=1S/C30H20N2OS/c33-26-17-18-28-29(23-9-3-6-12-27(23)34-28)30(26)31-19-13-15-20(16-14-19)32-24-10-4-1-7-21(24)22-8-2-5-11-25(22)32/h1-18,31,33H. The lowest BCUT2D eigenvalue weighted by molar-refractivity contribution is 0.478. The summed E-state index contributed by atoms with van der Waals surface area (Å²) in [7, 11) is 0. The molecule has 162 valence electrons. The highest BCUT2D eigenvalue weighted by Gasteiger charge is 2.14. The van der Waals surface area contributed by atoms with Crippen molar-refractivity contribution in [2.24, 2.45) is 0 Å². The van der Waals surface area contributed by atoms with E-state index in [9.17, 15) is 5.11 Å². The van der Waals surface area contributed by atoms with Gasteiger partial charge in [-0.1, -0.05) is 54.6 Å². The van der Waals surface area contributed by atoms with E-state index >= 15 is 0 Å². The maximum absolute atomic E-state index is 10.7. The zero-order valence-electron chi connectivity index (χ0n) is 18.2. The molecule has 2 N–H and O–H groups in total. The fourth-order valence-corrected chi connectivity index (χ4v) is 6.08. The SMILES string of the molecule is Oc1ccc2sc3ccccc3c2c1Nc1ccc(-n2c3ccccc3c3ccccc32)cc1. The molecule has 0 saturated heterocycles. The number of anilines is 2. The molecular weight excluding hydrogens is 436 g/mol. The third-order valence-corrected chi connectivity index (χ3v) is 7.63. The van der Waals surface area contributed by atoms with Crippen molar-refractivity contribution in [3.05, 3.63) is 109 Å². The van der Waals surface area contributed by atoms with Crippen molar-refractivity contribution in [3.8, 4) is 11.4 Å². The molecule has 7 rings (SSSR count). The van der Waals surface area contributed by atoms with Gasteiger partial charge in [-0.3, -0.25) is 0 Å². The van der Waals surface area contributed by atoms with Gasteiger partial charge in [-0.25, -0.2) is 0 Å². The zero-order valence-corrected chi connectivity index (χ0v) is 19.0. The molecule has 0 amide bonds. The number of aromatic nitrogens is 1. The Morgan fingerprint density at radius 3 is 1.91 bits per heavy atom. The van der Waals surface area contributed by atoms with Gasteiger partial charge < -0.3 is 15.0 Å². The first-order chi connectivity index (χ1) is 16.8. The van der Waals surface area contributed by atoms with Crippen molar-refractivity contribution in [1.29, 1.82) is 0 Å². The predicted octanol–water partition coefficient (Wildman–Crippen LogP) is 8.60. The summed E-state index contributed by atoms with van der Waals surface area (Å²) >= 11 is 1.74. The second-order valence-electron chi connectivity index (χ2n) is 8.47. The average molecular weight is 457 g/mol. The van der Waals surface area contributed by atoms with Crippen LogP contribution >= 0.6 is 11.3 Å². The molecule has 0 aliphatic heterocycles. The van der Waals surface area contributed by atoms with E-state index in [4.69, 9.17) is 0 Å². The minimum absolute atomic E-state index is 0.252. The lowest BCUT2D eigenvalue weighted by Gasteiger charge is -2.13. The normalized spacial score (nSPS) is 11.6. The fourth-order valence-electron chi connectivity index (χ4n) is 4.97. The molecule has 0 fully saturated rings. The number of phenols is 1. The molecule has 3 nitrogen and oxygen atoms in total. The molecule has 0 aliphatic rings. The van der Waals surface area contributed by atoms with Crippen molar-refractivity contribution in [2.45, 2.75) is 0 Å². The Kier molecular flexibility index (Phi) is 4.16. The monoisotopic (exact) mass is 456 g/mol. The second-order valence-corrected chi connectivity index (χ2v) is 9.56. The van der Waals surface area contributed by atoms with Gasteiger partial charge >= 0.3 is 0 Å². The summed E-state index contributed by atoms with van der Waals surface area (Å²) in [6.45, 7) is 0. The van der Waals surface area contributed by atoms with E-state index in [-0.39, 0.29) is 5.75 Å². The number of phenolic OH excluding ortho intramolecular Hbond substituents is 1. The number of nitrogens with zero attached hydrogens (tertiary/aromatic N) is 1. The van der Waals surface area contributed by atoms with E-state index < -0.39 is 0 Å². The quantitative estimate of drug-likeness (QED) is 0.261. The Labute approximate surface area is 200 Å². The van der Waals surface area contributed by atoms with Crippen molar-refractivity contribution >= 4 is 64.7 Å². The van der Waals surface area contributed by atoms with E-state index in [1.807, 2.05) is 12.1 Å². The first-order valence-corrected chi connectivity index (χ1v) is 12.1. The van der Waals surface area contributed by atoms with Crippen LogP contribution in [-0.2, 0) is 0 Å². The summed E-state index contributed by atoms with van der Waals surface area (Å²) in [5.74, 6) is 0.252. The van der Waals surface area contributed by atoms with Crippen molar-refractivity contribution in [1.82, 2.24) is 4.57 Å². The molecular formula is C30H20N2OS. The summed E-state index contributed by atoms with van der Waals surface area (Å²) in [4.78, 5) is 0. The van der Waals surface area contributed by atoms with Crippen LogP contribution in [0.3, 0.4) is 0 Å². The van der Waals surface area contributed by atoms with E-state index in [0.717, 1.165) is 32.5 Å². The summed E-state index contributed by atoms with van der Waals surface area (Å²) in [6, 6.07) is 37.6. The largest absolute Gasteiger partial charge is 0.506 e. The van der Waals surface area contributed by atoms with E-state index in [0.29, 0.717) is 0 Å². The molecule has 2 aromatic heterocycles. The van der Waals surface area contributed by atoms with E-state index in [1.54, 1.807) is 17.4 Å². The summed E-state index contributed by atoms with van der Waals surface area (Å²) in [6.07, 6.45) is 0. The van der Waals surface area contributed by atoms with E-state index in [2.05, 4.69) is 101 Å². The summed E-state index contributed by atoms with van der Waals surface area (Å²) < 4.78 is 4.68. The average Bonchev–Trinajstić information content (AvgIpc) is 3.42. The highest BCUT2D eigenvalue weighted by Crippen LogP contribution is 2.43. The lowest BCUT2D eigenvalue weighted by Crippen LogP contribution is -1.95. The van der Waals surface area contributed by atoms with Crippen LogP contribution in [0.15, 0.2) is 109 Å². The Hall–Kier alpha value is -4.28. The van der Waals surface area contributed by atoms with Gasteiger partial charge in [-0.2, -0.15) is 0 Å². The number of thiophene rings is 1. The number of nitrogens with one attached hydrogen (secondary N) is 1. The highest BCUT2D eigenvalue weighted by atomic mass is 32.1. The number of fused-ring (bicyclic) bond motifs is 6. The van der Waals surface area contributed by atoms with Crippen molar-refractivity contribution < 1.29 is 5.11 Å². The third kappa shape index (κ3) is 2.82. The Bertz CT molecular complexity index is 1790. The van der Waals surface area contributed by atoms with Crippen LogP contribution in [0.25, 0.3) is 47.7 Å². The van der Waals surface area contributed by atoms with Crippen LogP contribution in [0.2, 0.25) is 0 Å². The molecule has 0 spiro atoms. The molecule has 0 atom stereocenters. The molecule has 0 radical (unpaired) electrons. The topological polar surface area (TPSA) is 37.2 Å². The molecule has 0 unspecified atom stereocenters. The maximum atomic E-state index is 10.7. The number of aromatic hydroxyl groups is 1. The molecule has 2 heterocycles. The first-order valence-electron chi connectivity index (χ1n) is 11.3. The Morgan fingerprint density at radius 2 is 1.21 bits per heavy atom. The Morgan fingerprint density at radius 1 is 0.588 bits per heavy atom. The molecule has 5 aromatic carbocycles. The third-order valence-electron chi connectivity index (χ3n) is 6.50. The number of rotatable bonds is 3. The molecule has 4 heteroatoms. The van der Waals surface area contributed by atoms with Crippen LogP contribution in [0, 0.1) is 0 Å².